The lowest BCUT2D eigenvalue weighted by molar-refractivity contribution is -0.124. The molecule has 2 heterocycles. The third kappa shape index (κ3) is 4.12. The maximum atomic E-state index is 12.9. The number of amides is 2. The van der Waals surface area contributed by atoms with Gasteiger partial charge < -0.3 is 14.6 Å². The molecule has 1 fully saturated rings. The predicted octanol–water partition coefficient (Wildman–Crippen LogP) is 3.18. The van der Waals surface area contributed by atoms with Crippen LogP contribution in [0.1, 0.15) is 30.0 Å². The molecule has 0 bridgehead atoms. The third-order valence-electron chi connectivity index (χ3n) is 4.43. The van der Waals surface area contributed by atoms with Crippen molar-refractivity contribution in [2.75, 3.05) is 12.3 Å². The van der Waals surface area contributed by atoms with Crippen molar-refractivity contribution in [1.29, 1.82) is 0 Å². The van der Waals surface area contributed by atoms with Crippen LogP contribution in [0, 0.1) is 5.92 Å². The van der Waals surface area contributed by atoms with Gasteiger partial charge in [0.1, 0.15) is 6.04 Å². The van der Waals surface area contributed by atoms with Crippen LogP contribution in [-0.4, -0.2) is 40.4 Å². The highest BCUT2D eigenvalue weighted by Crippen LogP contribution is 2.35. The number of rotatable bonds is 6. The van der Waals surface area contributed by atoms with Crippen LogP contribution in [0.5, 0.6) is 0 Å². The Labute approximate surface area is 158 Å². The van der Waals surface area contributed by atoms with E-state index in [1.807, 2.05) is 30.3 Å². The number of furan rings is 1. The summed E-state index contributed by atoms with van der Waals surface area (Å²) in [5.74, 6) is 0.812. The van der Waals surface area contributed by atoms with E-state index in [1.165, 1.54) is 11.8 Å². The fourth-order valence-corrected chi connectivity index (χ4v) is 4.60. The van der Waals surface area contributed by atoms with Gasteiger partial charge in [-0.3, -0.25) is 9.59 Å². The van der Waals surface area contributed by atoms with E-state index in [9.17, 15) is 9.59 Å². The standard InChI is InChI=1S/C20H24N2O3S/c1-14(2)20-22(19(24)17-9-6-12-25-17)16(13-26-20)18(23)21-11-10-15-7-4-3-5-8-15/h3-9,12,14,16,20H,10-11,13H2,1-2H3,(H,21,23). The molecule has 6 heteroatoms. The Morgan fingerprint density at radius 2 is 2.00 bits per heavy atom. The summed E-state index contributed by atoms with van der Waals surface area (Å²) in [5.41, 5.74) is 1.18. The van der Waals surface area contributed by atoms with Gasteiger partial charge in [-0.25, -0.2) is 0 Å². The van der Waals surface area contributed by atoms with E-state index in [1.54, 1.807) is 28.8 Å². The van der Waals surface area contributed by atoms with Gasteiger partial charge in [-0.1, -0.05) is 44.2 Å². The quantitative estimate of drug-likeness (QED) is 0.846. The van der Waals surface area contributed by atoms with E-state index in [0.717, 1.165) is 6.42 Å². The molecule has 2 aromatic rings. The monoisotopic (exact) mass is 372 g/mol. The first-order chi connectivity index (χ1) is 12.6. The van der Waals surface area contributed by atoms with E-state index in [-0.39, 0.29) is 28.9 Å². The van der Waals surface area contributed by atoms with Gasteiger partial charge in [-0.15, -0.1) is 11.8 Å². The zero-order valence-corrected chi connectivity index (χ0v) is 15.9. The second-order valence-corrected chi connectivity index (χ2v) is 7.85. The molecule has 1 saturated heterocycles. The highest BCUT2D eigenvalue weighted by Gasteiger charge is 2.43. The summed E-state index contributed by atoms with van der Waals surface area (Å²) < 4.78 is 5.27. The van der Waals surface area contributed by atoms with Crippen molar-refractivity contribution < 1.29 is 14.0 Å². The molecule has 0 spiro atoms. The Morgan fingerprint density at radius 1 is 1.23 bits per heavy atom. The number of nitrogens with zero attached hydrogens (tertiary/aromatic N) is 1. The van der Waals surface area contributed by atoms with Crippen LogP contribution in [0.15, 0.2) is 53.1 Å². The second-order valence-electron chi connectivity index (χ2n) is 6.70. The number of carbonyl (C=O) groups is 2. The Balaban J connectivity index is 1.66. The van der Waals surface area contributed by atoms with Crippen LogP contribution in [0.25, 0.3) is 0 Å². The van der Waals surface area contributed by atoms with Crippen molar-refractivity contribution in [3.63, 3.8) is 0 Å². The van der Waals surface area contributed by atoms with Gasteiger partial charge in [0.25, 0.3) is 5.91 Å². The molecule has 1 N–H and O–H groups in total. The minimum absolute atomic E-state index is 0.0301. The first-order valence-corrected chi connectivity index (χ1v) is 9.92. The van der Waals surface area contributed by atoms with Crippen molar-refractivity contribution in [3.8, 4) is 0 Å². The zero-order valence-electron chi connectivity index (χ0n) is 15.1. The van der Waals surface area contributed by atoms with Gasteiger partial charge in [0.15, 0.2) is 5.76 Å². The highest BCUT2D eigenvalue weighted by atomic mass is 32.2. The molecule has 0 aliphatic carbocycles. The normalized spacial score (nSPS) is 19.7. The number of nitrogens with one attached hydrogen (secondary N) is 1. The van der Waals surface area contributed by atoms with Gasteiger partial charge in [-0.2, -0.15) is 0 Å². The fourth-order valence-electron chi connectivity index (χ4n) is 3.12. The molecule has 5 nitrogen and oxygen atoms in total. The average molecular weight is 372 g/mol. The van der Waals surface area contributed by atoms with Gasteiger partial charge in [0.05, 0.1) is 11.6 Å². The van der Waals surface area contributed by atoms with Crippen LogP contribution in [0.2, 0.25) is 0 Å². The minimum Gasteiger partial charge on any atom is -0.459 e. The van der Waals surface area contributed by atoms with Gasteiger partial charge in [0.2, 0.25) is 5.91 Å². The molecule has 1 aliphatic rings. The summed E-state index contributed by atoms with van der Waals surface area (Å²) in [4.78, 5) is 27.3. The van der Waals surface area contributed by atoms with Crippen molar-refractivity contribution in [2.24, 2.45) is 5.92 Å². The van der Waals surface area contributed by atoms with Crippen LogP contribution >= 0.6 is 11.8 Å². The lowest BCUT2D eigenvalue weighted by Crippen LogP contribution is -2.51. The van der Waals surface area contributed by atoms with E-state index in [4.69, 9.17) is 4.42 Å². The lowest BCUT2D eigenvalue weighted by atomic mass is 10.1. The molecular weight excluding hydrogens is 348 g/mol. The summed E-state index contributed by atoms with van der Waals surface area (Å²) in [6.07, 6.45) is 2.25. The van der Waals surface area contributed by atoms with Crippen LogP contribution < -0.4 is 5.32 Å². The van der Waals surface area contributed by atoms with Crippen molar-refractivity contribution in [1.82, 2.24) is 10.2 Å². The molecule has 26 heavy (non-hydrogen) atoms. The Morgan fingerprint density at radius 3 is 2.65 bits per heavy atom. The van der Waals surface area contributed by atoms with Crippen LogP contribution in [0.3, 0.4) is 0 Å². The topological polar surface area (TPSA) is 62.6 Å². The van der Waals surface area contributed by atoms with Gasteiger partial charge in [-0.05, 0) is 30.0 Å². The molecule has 2 amide bonds. The first-order valence-electron chi connectivity index (χ1n) is 8.87. The summed E-state index contributed by atoms with van der Waals surface area (Å²) >= 11 is 1.65. The number of carbonyl (C=O) groups excluding carboxylic acids is 2. The molecule has 1 aromatic heterocycles. The summed E-state index contributed by atoms with van der Waals surface area (Å²) in [6.45, 7) is 4.69. The molecule has 2 atom stereocenters. The SMILES string of the molecule is CC(C)C1SCC(C(=O)NCCc2ccccc2)N1C(=O)c1ccco1. The molecule has 138 valence electrons. The lowest BCUT2D eigenvalue weighted by Gasteiger charge is -2.30. The number of thioether (sulfide) groups is 1. The van der Waals surface area contributed by atoms with E-state index < -0.39 is 6.04 Å². The van der Waals surface area contributed by atoms with Crippen LogP contribution in [0.4, 0.5) is 0 Å². The Hall–Kier alpha value is -2.21. The molecule has 1 aromatic carbocycles. The minimum atomic E-state index is -0.472. The maximum Gasteiger partial charge on any atom is 0.291 e. The molecule has 0 saturated carbocycles. The molecular formula is C20H24N2O3S. The van der Waals surface area contributed by atoms with Crippen molar-refractivity contribution in [2.45, 2.75) is 31.7 Å². The summed E-state index contributed by atoms with van der Waals surface area (Å²) in [6, 6.07) is 12.9. The number of hydrogen-bond donors (Lipinski definition) is 1. The number of benzene rings is 1. The average Bonchev–Trinajstić information content (AvgIpc) is 3.32. The third-order valence-corrected chi connectivity index (χ3v) is 6.05. The Kier molecular flexibility index (Phi) is 6.04. The van der Waals surface area contributed by atoms with Gasteiger partial charge >= 0.3 is 0 Å². The predicted molar refractivity (Wildman–Crippen MR) is 103 cm³/mol. The van der Waals surface area contributed by atoms with Gasteiger partial charge in [0, 0.05) is 12.3 Å². The molecule has 2 unspecified atom stereocenters. The zero-order chi connectivity index (χ0) is 18.5. The van der Waals surface area contributed by atoms with E-state index in [0.29, 0.717) is 12.3 Å². The highest BCUT2D eigenvalue weighted by molar-refractivity contribution is 8.00. The Bertz CT molecular complexity index is 731. The summed E-state index contributed by atoms with van der Waals surface area (Å²) in [7, 11) is 0. The number of hydrogen-bond acceptors (Lipinski definition) is 4. The molecule has 1 aliphatic heterocycles. The summed E-state index contributed by atoms with van der Waals surface area (Å²) in [5, 5.41) is 2.96. The smallest absolute Gasteiger partial charge is 0.291 e. The van der Waals surface area contributed by atoms with E-state index >= 15 is 0 Å². The van der Waals surface area contributed by atoms with Crippen LogP contribution in [-0.2, 0) is 11.2 Å². The largest absolute Gasteiger partial charge is 0.459 e. The fraction of sp³-hybridized carbons (Fsp3) is 0.400. The molecule has 0 radical (unpaired) electrons. The van der Waals surface area contributed by atoms with E-state index in [2.05, 4.69) is 19.2 Å². The van der Waals surface area contributed by atoms with Crippen molar-refractivity contribution >= 4 is 23.6 Å². The first kappa shape index (κ1) is 18.6. The second kappa shape index (κ2) is 8.45. The maximum absolute atomic E-state index is 12.9. The van der Waals surface area contributed by atoms with Crippen molar-refractivity contribution in [3.05, 3.63) is 60.1 Å². The molecule has 3 rings (SSSR count).